The van der Waals surface area contributed by atoms with Gasteiger partial charge in [-0.15, -0.1) is 0 Å². The molecule has 1 nitrogen and oxygen atoms in total. The van der Waals surface area contributed by atoms with Crippen LogP contribution < -0.4 is 0 Å². The van der Waals surface area contributed by atoms with E-state index in [2.05, 4.69) is 63.1 Å². The highest BCUT2D eigenvalue weighted by Gasteiger charge is 2.19. The van der Waals surface area contributed by atoms with Crippen molar-refractivity contribution in [1.82, 2.24) is 4.98 Å². The van der Waals surface area contributed by atoms with Crippen molar-refractivity contribution in [2.45, 2.75) is 33.6 Å². The van der Waals surface area contributed by atoms with Crippen molar-refractivity contribution in [3.63, 3.8) is 0 Å². The van der Waals surface area contributed by atoms with Gasteiger partial charge in [0.1, 0.15) is 0 Å². The predicted octanol–water partition coefficient (Wildman–Crippen LogP) is 4.56. The Bertz CT molecular complexity index is 467. The molecule has 1 heteroatoms. The van der Waals surface area contributed by atoms with Crippen LogP contribution in [0, 0.1) is 11.8 Å². The highest BCUT2D eigenvalue weighted by Crippen LogP contribution is 2.33. The predicted molar refractivity (Wildman–Crippen MR) is 70.7 cm³/mol. The number of aromatic amines is 1. The lowest BCUT2D eigenvalue weighted by atomic mass is 9.82. The smallest absolute Gasteiger partial charge is 0.0456 e. The molecule has 0 bridgehead atoms. The number of hydrogen-bond acceptors (Lipinski definition) is 0. The Morgan fingerprint density at radius 3 is 2.38 bits per heavy atom. The van der Waals surface area contributed by atoms with Crippen LogP contribution in [0.4, 0.5) is 0 Å². The molecular weight excluding hydrogens is 194 g/mol. The van der Waals surface area contributed by atoms with Crippen molar-refractivity contribution in [2.24, 2.45) is 11.8 Å². The minimum atomic E-state index is 0.608. The van der Waals surface area contributed by atoms with Gasteiger partial charge in [-0.1, -0.05) is 45.9 Å². The quantitative estimate of drug-likeness (QED) is 0.772. The van der Waals surface area contributed by atoms with Crippen molar-refractivity contribution in [1.29, 1.82) is 0 Å². The first-order valence-corrected chi connectivity index (χ1v) is 6.17. The second kappa shape index (κ2) is 4.32. The lowest BCUT2D eigenvalue weighted by molar-refractivity contribution is 0.364. The van der Waals surface area contributed by atoms with Crippen molar-refractivity contribution >= 4 is 10.9 Å². The van der Waals surface area contributed by atoms with Crippen LogP contribution in [-0.2, 0) is 0 Å². The Morgan fingerprint density at radius 2 is 1.69 bits per heavy atom. The molecule has 2 unspecified atom stereocenters. The van der Waals surface area contributed by atoms with Crippen LogP contribution in [0.15, 0.2) is 30.5 Å². The van der Waals surface area contributed by atoms with Crippen LogP contribution in [0.3, 0.4) is 0 Å². The third-order valence-corrected chi connectivity index (χ3v) is 3.95. The molecule has 0 saturated carbocycles. The fourth-order valence-electron chi connectivity index (χ4n) is 2.33. The summed E-state index contributed by atoms with van der Waals surface area (Å²) < 4.78 is 0. The van der Waals surface area contributed by atoms with Gasteiger partial charge in [0.15, 0.2) is 0 Å². The zero-order valence-corrected chi connectivity index (χ0v) is 10.6. The maximum atomic E-state index is 3.36. The molecule has 16 heavy (non-hydrogen) atoms. The standard InChI is InChI=1S/C15H21N/c1-10(2)11(3)12(4)14-9-16-15-8-6-5-7-13(14)15/h5-12,16H,1-4H3. The highest BCUT2D eigenvalue weighted by molar-refractivity contribution is 5.83. The average Bonchev–Trinajstić information content (AvgIpc) is 2.70. The molecule has 0 amide bonds. The summed E-state index contributed by atoms with van der Waals surface area (Å²) in [5, 5.41) is 1.38. The molecule has 0 spiro atoms. The molecule has 0 aliphatic rings. The Balaban J connectivity index is 2.40. The Morgan fingerprint density at radius 1 is 1.00 bits per heavy atom. The summed E-state index contributed by atoms with van der Waals surface area (Å²) in [6.07, 6.45) is 2.17. The summed E-state index contributed by atoms with van der Waals surface area (Å²) in [4.78, 5) is 3.36. The zero-order chi connectivity index (χ0) is 11.7. The maximum absolute atomic E-state index is 3.36. The molecule has 0 fully saturated rings. The second-order valence-corrected chi connectivity index (χ2v) is 5.18. The monoisotopic (exact) mass is 215 g/mol. The van der Waals surface area contributed by atoms with Crippen LogP contribution in [0.25, 0.3) is 10.9 Å². The molecule has 1 aromatic carbocycles. The minimum Gasteiger partial charge on any atom is -0.361 e. The van der Waals surface area contributed by atoms with E-state index in [1.165, 1.54) is 16.5 Å². The van der Waals surface area contributed by atoms with Gasteiger partial charge in [0.05, 0.1) is 0 Å². The summed E-state index contributed by atoms with van der Waals surface area (Å²) >= 11 is 0. The van der Waals surface area contributed by atoms with Crippen molar-refractivity contribution in [2.75, 3.05) is 0 Å². The first-order valence-electron chi connectivity index (χ1n) is 6.17. The van der Waals surface area contributed by atoms with E-state index >= 15 is 0 Å². The third-order valence-electron chi connectivity index (χ3n) is 3.95. The van der Waals surface area contributed by atoms with E-state index in [9.17, 15) is 0 Å². The lowest BCUT2D eigenvalue weighted by Crippen LogP contribution is -2.12. The van der Waals surface area contributed by atoms with Crippen molar-refractivity contribution in [3.05, 3.63) is 36.0 Å². The summed E-state index contributed by atoms with van der Waals surface area (Å²) in [6.45, 7) is 9.28. The first kappa shape index (κ1) is 11.3. The highest BCUT2D eigenvalue weighted by atomic mass is 14.7. The van der Waals surface area contributed by atoms with E-state index in [1.54, 1.807) is 0 Å². The molecule has 1 heterocycles. The fourth-order valence-corrected chi connectivity index (χ4v) is 2.33. The Kier molecular flexibility index (Phi) is 3.04. The van der Waals surface area contributed by atoms with Crippen LogP contribution in [-0.4, -0.2) is 4.98 Å². The number of fused-ring (bicyclic) bond motifs is 1. The van der Waals surface area contributed by atoms with E-state index in [-0.39, 0.29) is 0 Å². The molecule has 1 N–H and O–H groups in total. The first-order chi connectivity index (χ1) is 7.61. The summed E-state index contributed by atoms with van der Waals surface area (Å²) in [5.41, 5.74) is 2.71. The molecule has 86 valence electrons. The minimum absolute atomic E-state index is 0.608. The van der Waals surface area contributed by atoms with Gasteiger partial charge in [0.2, 0.25) is 0 Å². The normalized spacial score (nSPS) is 15.6. The molecule has 0 aliphatic heterocycles. The van der Waals surface area contributed by atoms with Gasteiger partial charge < -0.3 is 4.98 Å². The van der Waals surface area contributed by atoms with Gasteiger partial charge in [-0.3, -0.25) is 0 Å². The van der Waals surface area contributed by atoms with Gasteiger partial charge in [-0.2, -0.15) is 0 Å². The summed E-state index contributed by atoms with van der Waals surface area (Å²) in [5.74, 6) is 2.04. The molecule has 2 rings (SSSR count). The van der Waals surface area contributed by atoms with Crippen LogP contribution in [0.5, 0.6) is 0 Å². The zero-order valence-electron chi connectivity index (χ0n) is 10.6. The molecular formula is C15H21N. The number of hydrogen-bond donors (Lipinski definition) is 1. The van der Waals surface area contributed by atoms with E-state index in [4.69, 9.17) is 0 Å². The van der Waals surface area contributed by atoms with E-state index in [0.29, 0.717) is 11.8 Å². The number of H-pyrrole nitrogens is 1. The molecule has 0 radical (unpaired) electrons. The number of aromatic nitrogens is 1. The Labute approximate surface area is 97.9 Å². The van der Waals surface area contributed by atoms with Gasteiger partial charge in [0, 0.05) is 17.1 Å². The number of benzene rings is 1. The molecule has 2 aromatic rings. The molecule has 1 aromatic heterocycles. The fraction of sp³-hybridized carbons (Fsp3) is 0.467. The van der Waals surface area contributed by atoms with Gasteiger partial charge in [-0.05, 0) is 29.4 Å². The van der Waals surface area contributed by atoms with E-state index in [1.807, 2.05) is 0 Å². The van der Waals surface area contributed by atoms with Crippen LogP contribution in [0.2, 0.25) is 0 Å². The SMILES string of the molecule is CC(C)C(C)C(C)c1c[nH]c2ccccc12. The van der Waals surface area contributed by atoms with Crippen LogP contribution in [0.1, 0.15) is 39.2 Å². The van der Waals surface area contributed by atoms with Crippen LogP contribution >= 0.6 is 0 Å². The lowest BCUT2D eigenvalue weighted by Gasteiger charge is -2.23. The largest absolute Gasteiger partial charge is 0.361 e. The summed E-state index contributed by atoms with van der Waals surface area (Å²) in [7, 11) is 0. The molecule has 0 saturated heterocycles. The van der Waals surface area contributed by atoms with Gasteiger partial charge >= 0.3 is 0 Å². The van der Waals surface area contributed by atoms with Crippen molar-refractivity contribution in [3.8, 4) is 0 Å². The maximum Gasteiger partial charge on any atom is 0.0456 e. The number of para-hydroxylation sites is 1. The molecule has 0 aliphatic carbocycles. The summed E-state index contributed by atoms with van der Waals surface area (Å²) in [6, 6.07) is 8.56. The second-order valence-electron chi connectivity index (χ2n) is 5.18. The Hall–Kier alpha value is -1.24. The molecule has 2 atom stereocenters. The number of nitrogens with one attached hydrogen (secondary N) is 1. The topological polar surface area (TPSA) is 15.8 Å². The van der Waals surface area contributed by atoms with Crippen molar-refractivity contribution < 1.29 is 0 Å². The van der Waals surface area contributed by atoms with Gasteiger partial charge in [-0.25, -0.2) is 0 Å². The average molecular weight is 215 g/mol. The van der Waals surface area contributed by atoms with E-state index < -0.39 is 0 Å². The van der Waals surface area contributed by atoms with Gasteiger partial charge in [0.25, 0.3) is 0 Å². The van der Waals surface area contributed by atoms with E-state index in [0.717, 1.165) is 5.92 Å². The number of rotatable bonds is 3. The third kappa shape index (κ3) is 1.87.